The molecule has 3 aromatic heterocycles. The molecule has 48 heavy (non-hydrogen) atoms. The van der Waals surface area contributed by atoms with Gasteiger partial charge in [0.05, 0.1) is 35.3 Å². The summed E-state index contributed by atoms with van der Waals surface area (Å²) in [5, 5.41) is 11.3. The molecule has 0 spiro atoms. The number of fused-ring (bicyclic) bond motifs is 7. The van der Waals surface area contributed by atoms with Gasteiger partial charge in [0.1, 0.15) is 36.0 Å². The van der Waals surface area contributed by atoms with E-state index in [0.717, 1.165) is 31.4 Å². The van der Waals surface area contributed by atoms with Gasteiger partial charge in [0.2, 0.25) is 0 Å². The molecular weight excluding hydrogens is 649 g/mol. The summed E-state index contributed by atoms with van der Waals surface area (Å²) in [5.41, 5.74) is 1.50. The van der Waals surface area contributed by atoms with Gasteiger partial charge in [0, 0.05) is 48.2 Å². The molecular formula is C33H34ClF3N8O3. The number of amides is 1. The van der Waals surface area contributed by atoms with E-state index in [1.54, 1.807) is 17.2 Å². The van der Waals surface area contributed by atoms with E-state index in [0.29, 0.717) is 52.1 Å². The zero-order valence-electron chi connectivity index (χ0n) is 26.0. The number of carbonyl (C=O) groups excluding carboxylic acids is 1. The van der Waals surface area contributed by atoms with Crippen molar-refractivity contribution in [1.82, 2.24) is 35.4 Å². The maximum absolute atomic E-state index is 17.1. The summed E-state index contributed by atoms with van der Waals surface area (Å²) in [5.74, 6) is -0.250. The number of H-pyrrole nitrogens is 1. The van der Waals surface area contributed by atoms with E-state index >= 15 is 8.78 Å². The number of rotatable bonds is 3. The number of alkyl carbamates (subject to hydrolysis) is 1. The van der Waals surface area contributed by atoms with Crippen LogP contribution in [0.2, 0.25) is 5.02 Å². The zero-order valence-corrected chi connectivity index (χ0v) is 26.8. The highest BCUT2D eigenvalue weighted by molar-refractivity contribution is 6.33. The first-order valence-electron chi connectivity index (χ1n) is 16.6. The first kappa shape index (κ1) is 30.2. The van der Waals surface area contributed by atoms with E-state index in [9.17, 15) is 9.18 Å². The molecule has 6 bridgehead atoms. The number of nitrogens with one attached hydrogen (secondary N) is 2. The molecule has 1 aliphatic carbocycles. The molecule has 4 aromatic rings. The minimum Gasteiger partial charge on any atom is -0.461 e. The van der Waals surface area contributed by atoms with Crippen molar-refractivity contribution >= 4 is 45.3 Å². The van der Waals surface area contributed by atoms with Crippen LogP contribution in [0.15, 0.2) is 18.5 Å². The Kier molecular flexibility index (Phi) is 7.12. The summed E-state index contributed by atoms with van der Waals surface area (Å²) >= 11 is 6.89. The smallest absolute Gasteiger partial charge is 0.407 e. The largest absolute Gasteiger partial charge is 0.461 e. The number of aromatic amines is 1. The van der Waals surface area contributed by atoms with Gasteiger partial charge >= 0.3 is 12.1 Å². The number of pyridine rings is 1. The maximum Gasteiger partial charge on any atom is 0.407 e. The number of anilines is 1. The first-order chi connectivity index (χ1) is 23.3. The predicted molar refractivity (Wildman–Crippen MR) is 171 cm³/mol. The molecule has 10 rings (SSSR count). The lowest BCUT2D eigenvalue weighted by Gasteiger charge is -2.36. The molecule has 0 unspecified atom stereocenters. The minimum atomic E-state index is -1.31. The van der Waals surface area contributed by atoms with Gasteiger partial charge in [-0.05, 0) is 62.1 Å². The fourth-order valence-electron chi connectivity index (χ4n) is 8.51. The average molecular weight is 683 g/mol. The van der Waals surface area contributed by atoms with Crippen LogP contribution >= 0.6 is 11.6 Å². The number of aromatic nitrogens is 5. The van der Waals surface area contributed by atoms with E-state index in [1.807, 2.05) is 0 Å². The van der Waals surface area contributed by atoms with Crippen molar-refractivity contribution in [2.75, 3.05) is 44.3 Å². The van der Waals surface area contributed by atoms with Crippen LogP contribution in [0.5, 0.6) is 6.01 Å². The zero-order chi connectivity index (χ0) is 32.7. The van der Waals surface area contributed by atoms with Crippen LogP contribution in [0.4, 0.5) is 23.8 Å². The van der Waals surface area contributed by atoms with Gasteiger partial charge in [-0.15, -0.1) is 0 Å². The number of hydrogen-bond donors (Lipinski definition) is 2. The lowest BCUT2D eigenvalue weighted by Crippen LogP contribution is -2.54. The Hall–Kier alpha value is -3.91. The van der Waals surface area contributed by atoms with Gasteiger partial charge in [-0.1, -0.05) is 11.6 Å². The molecule has 8 heterocycles. The molecule has 1 aromatic carbocycles. The van der Waals surface area contributed by atoms with E-state index < -0.39 is 35.8 Å². The highest BCUT2D eigenvalue weighted by Crippen LogP contribution is 2.56. The lowest BCUT2D eigenvalue weighted by molar-refractivity contribution is 0.107. The fraction of sp³-hybridized carbons (Fsp3) is 0.545. The Bertz CT molecular complexity index is 1950. The third kappa shape index (κ3) is 4.93. The normalized spacial score (nSPS) is 30.2. The Labute approximate surface area is 278 Å². The molecule has 252 valence electrons. The first-order valence-corrected chi connectivity index (χ1v) is 17.0. The second kappa shape index (κ2) is 11.3. The van der Waals surface area contributed by atoms with Crippen LogP contribution in [0.25, 0.3) is 33.1 Å². The van der Waals surface area contributed by atoms with Crippen molar-refractivity contribution in [2.24, 2.45) is 5.92 Å². The number of alkyl halides is 2. The van der Waals surface area contributed by atoms with Crippen molar-refractivity contribution in [3.05, 3.63) is 34.9 Å². The van der Waals surface area contributed by atoms with E-state index in [4.69, 9.17) is 26.1 Å². The summed E-state index contributed by atoms with van der Waals surface area (Å²) in [6.07, 6.45) is 3.72. The molecule has 1 amide bonds. The van der Waals surface area contributed by atoms with Gasteiger partial charge < -0.3 is 19.7 Å². The van der Waals surface area contributed by atoms with Crippen LogP contribution in [-0.2, 0) is 4.74 Å². The number of ether oxygens (including phenoxy) is 2. The van der Waals surface area contributed by atoms with Gasteiger partial charge in [-0.25, -0.2) is 18.0 Å². The number of halogens is 4. The average Bonchev–Trinajstić information content (AvgIpc) is 3.32. The SMILES string of the molecule is O=C1N[C@H]2CN(CC[C@H]2F)c2nc(OC[C@@]34CCCN3C[C@H](F)C4)nc3c(F)c(ncc23)-c2c(c(Cl)cc3[nH]ncc23)[C@@H]2C[C@@H]2CCO1. The Balaban J connectivity index is 1.21. The minimum absolute atomic E-state index is 0.0129. The van der Waals surface area contributed by atoms with Crippen molar-refractivity contribution < 1.29 is 27.4 Å². The van der Waals surface area contributed by atoms with Crippen LogP contribution in [0, 0.1) is 11.7 Å². The number of nitrogens with zero attached hydrogens (tertiary/aromatic N) is 6. The van der Waals surface area contributed by atoms with Crippen molar-refractivity contribution in [2.45, 2.75) is 68.4 Å². The number of benzene rings is 1. The third-order valence-electron chi connectivity index (χ3n) is 11.0. The summed E-state index contributed by atoms with van der Waals surface area (Å²) in [4.78, 5) is 30.7. The molecule has 0 radical (unpaired) electrons. The quantitative estimate of drug-likeness (QED) is 0.290. The summed E-state index contributed by atoms with van der Waals surface area (Å²) in [6.45, 7) is 1.76. The van der Waals surface area contributed by atoms with Gasteiger partial charge in [0.25, 0.3) is 0 Å². The molecule has 6 aliphatic rings. The Morgan fingerprint density at radius 1 is 1.15 bits per heavy atom. The van der Waals surface area contributed by atoms with Gasteiger partial charge in [-0.2, -0.15) is 15.1 Å². The molecule has 2 N–H and O–H groups in total. The molecule has 3 saturated heterocycles. The maximum atomic E-state index is 17.1. The second-order valence-electron chi connectivity index (χ2n) is 13.9. The molecule has 5 aliphatic heterocycles. The standard InChI is InChI=1S/C33H34ClF3N8O3/c34-21-9-23-19(12-39-43-23)26-25(21)18-8-16(18)3-7-47-32(46)40-24-14-44(6-2-22(24)36)30-20-11-38-29(26)27(37)28(20)41-31(42-30)48-15-33-4-1-5-45(33)13-17(35)10-33/h9,11-12,16-18,22,24H,1-8,10,13-15H2,(H,39,43)(H,40,46)/t16-,17+,18+,22+,24-,33-/m0/s1. The summed E-state index contributed by atoms with van der Waals surface area (Å²) in [7, 11) is 0. The van der Waals surface area contributed by atoms with Crippen LogP contribution in [0.3, 0.4) is 0 Å². The summed E-state index contributed by atoms with van der Waals surface area (Å²) < 4.78 is 58.6. The molecule has 6 atom stereocenters. The Morgan fingerprint density at radius 2 is 2.04 bits per heavy atom. The Morgan fingerprint density at radius 3 is 2.94 bits per heavy atom. The van der Waals surface area contributed by atoms with E-state index in [2.05, 4.69) is 30.4 Å². The van der Waals surface area contributed by atoms with Gasteiger partial charge in [-0.3, -0.25) is 15.0 Å². The fourth-order valence-corrected chi connectivity index (χ4v) is 8.85. The van der Waals surface area contributed by atoms with Crippen LogP contribution in [-0.4, -0.2) is 99.5 Å². The molecule has 1 saturated carbocycles. The van der Waals surface area contributed by atoms with Crippen molar-refractivity contribution in [3.63, 3.8) is 0 Å². The molecule has 11 nitrogen and oxygen atoms in total. The van der Waals surface area contributed by atoms with Crippen molar-refractivity contribution in [3.8, 4) is 17.3 Å². The molecule has 15 heteroatoms. The van der Waals surface area contributed by atoms with Crippen molar-refractivity contribution in [1.29, 1.82) is 0 Å². The van der Waals surface area contributed by atoms with Gasteiger partial charge in [0.15, 0.2) is 5.82 Å². The predicted octanol–water partition coefficient (Wildman–Crippen LogP) is 5.47. The topological polar surface area (TPSA) is 121 Å². The van der Waals surface area contributed by atoms with E-state index in [-0.39, 0.29) is 61.8 Å². The summed E-state index contributed by atoms with van der Waals surface area (Å²) in [6, 6.07) is 0.835. The number of piperidine rings is 1. The van der Waals surface area contributed by atoms with E-state index in [1.165, 1.54) is 6.20 Å². The molecule has 4 fully saturated rings. The number of hydrogen-bond acceptors (Lipinski definition) is 9. The highest BCUT2D eigenvalue weighted by Gasteiger charge is 2.49. The monoisotopic (exact) mass is 682 g/mol. The van der Waals surface area contributed by atoms with Crippen LogP contribution in [0.1, 0.15) is 50.0 Å². The van der Waals surface area contributed by atoms with Crippen LogP contribution < -0.4 is 15.0 Å². The second-order valence-corrected chi connectivity index (χ2v) is 14.3. The third-order valence-corrected chi connectivity index (χ3v) is 11.3. The highest BCUT2D eigenvalue weighted by atomic mass is 35.5. The lowest BCUT2D eigenvalue weighted by atomic mass is 9.94. The number of carbonyl (C=O) groups is 1.